The fraction of sp³-hybridized carbons (Fsp3) is 0.667. The number of benzene rings is 1. The Hall–Kier alpha value is -1.50. The summed E-state index contributed by atoms with van der Waals surface area (Å²) in [6.45, 7) is 22.7. The van der Waals surface area contributed by atoms with Gasteiger partial charge in [0, 0.05) is 18.3 Å². The van der Waals surface area contributed by atoms with Gasteiger partial charge in [0.1, 0.15) is 0 Å². The van der Waals surface area contributed by atoms with E-state index in [1.165, 1.54) is 80.2 Å². The molecule has 1 aliphatic rings. The summed E-state index contributed by atoms with van der Waals surface area (Å²) >= 11 is 0. The van der Waals surface area contributed by atoms with Gasteiger partial charge in [-0.05, 0) is 57.1 Å². The summed E-state index contributed by atoms with van der Waals surface area (Å²) in [5.41, 5.74) is 5.24. The molecule has 178 valence electrons. The van der Waals surface area contributed by atoms with E-state index >= 15 is 0 Å². The zero-order chi connectivity index (χ0) is 23.6. The molecule has 1 heteroatoms. The first kappa shape index (κ1) is 29.5. The first-order valence-corrected chi connectivity index (χ1v) is 13.1. The molecule has 2 rings (SSSR count). The zero-order valence-electron chi connectivity index (χ0n) is 22.3. The van der Waals surface area contributed by atoms with Crippen LogP contribution in [-0.2, 0) is 6.54 Å². The number of allylic oxidation sites excluding steroid dienone is 2. The summed E-state index contributed by atoms with van der Waals surface area (Å²) in [5.74, 6) is 0.872. The van der Waals surface area contributed by atoms with Gasteiger partial charge in [-0.3, -0.25) is 0 Å². The molecular weight excluding hydrogens is 374 g/mol. The van der Waals surface area contributed by atoms with Crippen LogP contribution < -0.4 is 0 Å². The molecule has 0 amide bonds. The van der Waals surface area contributed by atoms with Crippen molar-refractivity contribution in [3.8, 4) is 0 Å². The van der Waals surface area contributed by atoms with E-state index in [-0.39, 0.29) is 0 Å². The first-order chi connectivity index (χ1) is 14.9. The second-order valence-corrected chi connectivity index (χ2v) is 9.01. The van der Waals surface area contributed by atoms with E-state index in [4.69, 9.17) is 0 Å². The SMILES string of the molecule is C=C(/C(C)=C/C)N(Cc1cccc(C)c1)C1CCCC(C)CC1.CC.CCCCCC. The van der Waals surface area contributed by atoms with Gasteiger partial charge in [0.05, 0.1) is 0 Å². The van der Waals surface area contributed by atoms with E-state index in [1.807, 2.05) is 13.8 Å². The van der Waals surface area contributed by atoms with Gasteiger partial charge in [-0.25, -0.2) is 0 Å². The van der Waals surface area contributed by atoms with Crippen molar-refractivity contribution in [3.63, 3.8) is 0 Å². The van der Waals surface area contributed by atoms with E-state index in [0.717, 1.165) is 12.5 Å². The zero-order valence-corrected chi connectivity index (χ0v) is 22.3. The lowest BCUT2D eigenvalue weighted by molar-refractivity contribution is 0.225. The third kappa shape index (κ3) is 12.2. The fourth-order valence-electron chi connectivity index (χ4n) is 4.12. The molecule has 0 heterocycles. The smallest absolute Gasteiger partial charge is 0.0432 e. The van der Waals surface area contributed by atoms with Crippen molar-refractivity contribution in [1.82, 2.24) is 4.90 Å². The Labute approximate surface area is 196 Å². The standard InChI is InChI=1S/C22H33N.C6H14.C2H6/c1-6-19(4)20(5)23(16-21-11-7-10-18(3)15-21)22-12-8-9-17(2)13-14-22;1-3-5-6-4-2;1-2/h6-7,10-11,15,17,22H,5,8-9,12-14,16H2,1-4H3;3-6H2,1-2H3;1-2H3/b19-6+;;. The fourth-order valence-corrected chi connectivity index (χ4v) is 4.12. The summed E-state index contributed by atoms with van der Waals surface area (Å²) in [4.78, 5) is 2.57. The third-order valence-corrected chi connectivity index (χ3v) is 6.30. The van der Waals surface area contributed by atoms with Crippen molar-refractivity contribution in [2.24, 2.45) is 5.92 Å². The van der Waals surface area contributed by atoms with Gasteiger partial charge < -0.3 is 4.90 Å². The lowest BCUT2D eigenvalue weighted by Crippen LogP contribution is -2.34. The number of aryl methyl sites for hydroxylation is 1. The highest BCUT2D eigenvalue weighted by Crippen LogP contribution is 2.30. The summed E-state index contributed by atoms with van der Waals surface area (Å²) in [6, 6.07) is 9.53. The van der Waals surface area contributed by atoms with E-state index in [2.05, 4.69) is 83.4 Å². The van der Waals surface area contributed by atoms with Gasteiger partial charge in [-0.1, -0.05) is 116 Å². The van der Waals surface area contributed by atoms with Gasteiger partial charge in [0.15, 0.2) is 0 Å². The highest BCUT2D eigenvalue weighted by atomic mass is 15.2. The molecule has 2 atom stereocenters. The van der Waals surface area contributed by atoms with Gasteiger partial charge in [0.2, 0.25) is 0 Å². The van der Waals surface area contributed by atoms with Crippen molar-refractivity contribution >= 4 is 0 Å². The van der Waals surface area contributed by atoms with Crippen LogP contribution in [0.1, 0.15) is 117 Å². The Morgan fingerprint density at radius 3 is 2.26 bits per heavy atom. The van der Waals surface area contributed by atoms with Crippen LogP contribution in [0.2, 0.25) is 0 Å². The van der Waals surface area contributed by atoms with Gasteiger partial charge >= 0.3 is 0 Å². The van der Waals surface area contributed by atoms with Crippen LogP contribution in [0.4, 0.5) is 0 Å². The van der Waals surface area contributed by atoms with E-state index in [9.17, 15) is 0 Å². The van der Waals surface area contributed by atoms with E-state index < -0.39 is 0 Å². The van der Waals surface area contributed by atoms with Crippen molar-refractivity contribution in [2.45, 2.75) is 126 Å². The molecule has 1 aromatic carbocycles. The van der Waals surface area contributed by atoms with Crippen molar-refractivity contribution in [1.29, 1.82) is 0 Å². The number of nitrogens with zero attached hydrogens (tertiary/aromatic N) is 1. The molecule has 0 aromatic heterocycles. The molecule has 31 heavy (non-hydrogen) atoms. The lowest BCUT2D eigenvalue weighted by Gasteiger charge is -2.35. The highest BCUT2D eigenvalue weighted by Gasteiger charge is 2.24. The predicted octanol–water partition coefficient (Wildman–Crippen LogP) is 9.86. The summed E-state index contributed by atoms with van der Waals surface area (Å²) in [7, 11) is 0. The maximum atomic E-state index is 4.43. The summed E-state index contributed by atoms with van der Waals surface area (Å²) in [5, 5.41) is 0. The summed E-state index contributed by atoms with van der Waals surface area (Å²) < 4.78 is 0. The molecule has 1 fully saturated rings. The molecule has 1 nitrogen and oxygen atoms in total. The molecule has 1 saturated carbocycles. The molecule has 0 spiro atoms. The minimum absolute atomic E-state index is 0.628. The molecule has 0 radical (unpaired) electrons. The second-order valence-electron chi connectivity index (χ2n) is 9.01. The average molecular weight is 428 g/mol. The molecule has 0 saturated heterocycles. The first-order valence-electron chi connectivity index (χ1n) is 13.1. The molecule has 0 N–H and O–H groups in total. The van der Waals surface area contributed by atoms with E-state index in [1.54, 1.807) is 0 Å². The third-order valence-electron chi connectivity index (χ3n) is 6.30. The van der Waals surface area contributed by atoms with Crippen LogP contribution in [0.3, 0.4) is 0 Å². The Morgan fingerprint density at radius 2 is 1.71 bits per heavy atom. The van der Waals surface area contributed by atoms with Crippen molar-refractivity contribution in [2.75, 3.05) is 0 Å². The lowest BCUT2D eigenvalue weighted by atomic mass is 10.0. The topological polar surface area (TPSA) is 3.24 Å². The monoisotopic (exact) mass is 427 g/mol. The van der Waals surface area contributed by atoms with E-state index in [0.29, 0.717) is 6.04 Å². The maximum Gasteiger partial charge on any atom is 0.0432 e. The maximum absolute atomic E-state index is 4.43. The Bertz CT molecular complexity index is 609. The Balaban J connectivity index is 0.000000970. The molecule has 1 aromatic rings. The van der Waals surface area contributed by atoms with Crippen LogP contribution >= 0.6 is 0 Å². The molecule has 0 aliphatic heterocycles. The number of unbranched alkanes of at least 4 members (excludes halogenated alkanes) is 3. The average Bonchev–Trinajstić information content (AvgIpc) is 3.01. The van der Waals surface area contributed by atoms with Gasteiger partial charge in [0.25, 0.3) is 0 Å². The largest absolute Gasteiger partial charge is 0.364 e. The minimum atomic E-state index is 0.628. The number of hydrogen-bond donors (Lipinski definition) is 0. The van der Waals surface area contributed by atoms with Crippen molar-refractivity contribution in [3.05, 3.63) is 59.3 Å². The van der Waals surface area contributed by atoms with Crippen LogP contribution in [0.25, 0.3) is 0 Å². The second kappa shape index (κ2) is 18.1. The normalized spacial score (nSPS) is 18.6. The molecule has 2 unspecified atom stereocenters. The van der Waals surface area contributed by atoms with Crippen molar-refractivity contribution < 1.29 is 0 Å². The highest BCUT2D eigenvalue weighted by molar-refractivity contribution is 5.28. The number of hydrogen-bond acceptors (Lipinski definition) is 1. The predicted molar refractivity (Wildman–Crippen MR) is 142 cm³/mol. The van der Waals surface area contributed by atoms with Gasteiger partial charge in [-0.2, -0.15) is 0 Å². The van der Waals surface area contributed by atoms with Crippen LogP contribution in [0, 0.1) is 12.8 Å². The number of rotatable bonds is 8. The van der Waals surface area contributed by atoms with Crippen LogP contribution in [0.15, 0.2) is 48.2 Å². The van der Waals surface area contributed by atoms with Crippen LogP contribution in [-0.4, -0.2) is 10.9 Å². The van der Waals surface area contributed by atoms with Crippen LogP contribution in [0.5, 0.6) is 0 Å². The van der Waals surface area contributed by atoms with Gasteiger partial charge in [-0.15, -0.1) is 0 Å². The quantitative estimate of drug-likeness (QED) is 0.226. The molecule has 0 bridgehead atoms. The Morgan fingerprint density at radius 1 is 1.06 bits per heavy atom. The summed E-state index contributed by atoms with van der Waals surface area (Å²) in [6.07, 6.45) is 14.4. The molecule has 1 aliphatic carbocycles. The molecular formula is C30H53N. The Kier molecular flexibility index (Phi) is 17.2. The minimum Gasteiger partial charge on any atom is -0.364 e.